The van der Waals surface area contributed by atoms with Crippen LogP contribution >= 0.6 is 0 Å². The number of benzene rings is 1. The molecule has 0 amide bonds. The van der Waals surface area contributed by atoms with Crippen LogP contribution in [0.4, 0.5) is 0 Å². The minimum Gasteiger partial charge on any atom is -0.388 e. The summed E-state index contributed by atoms with van der Waals surface area (Å²) in [4.78, 5) is 2.53. The summed E-state index contributed by atoms with van der Waals surface area (Å²) < 4.78 is 22.3. The first-order valence-electron chi connectivity index (χ1n) is 11.7. The maximum Gasteiger partial charge on any atom is 0.148 e. The summed E-state index contributed by atoms with van der Waals surface area (Å²) in [6, 6.07) is 7.96. The molecule has 1 aromatic carbocycles. The third-order valence-electron chi connectivity index (χ3n) is 5.57. The minimum absolute atomic E-state index is 0.151. The molecule has 0 aromatic heterocycles. The van der Waals surface area contributed by atoms with Gasteiger partial charge in [-0.25, -0.2) is 8.42 Å². The lowest BCUT2D eigenvalue weighted by molar-refractivity contribution is 0.160. The molecule has 0 spiro atoms. The van der Waals surface area contributed by atoms with E-state index in [2.05, 4.69) is 24.1 Å². The zero-order chi connectivity index (χ0) is 22.2. The Kier molecular flexibility index (Phi) is 14.3. The highest BCUT2D eigenvalue weighted by atomic mass is 32.2. The molecular formula is C24H44N2O3S. The highest BCUT2D eigenvalue weighted by molar-refractivity contribution is 7.90. The smallest absolute Gasteiger partial charge is 0.148 e. The van der Waals surface area contributed by atoms with Crippen molar-refractivity contribution in [2.75, 3.05) is 38.2 Å². The van der Waals surface area contributed by atoms with Gasteiger partial charge < -0.3 is 15.3 Å². The van der Waals surface area contributed by atoms with Crippen LogP contribution in [0, 0.1) is 0 Å². The fraction of sp³-hybridized carbons (Fsp3) is 0.750. The molecule has 30 heavy (non-hydrogen) atoms. The van der Waals surface area contributed by atoms with Gasteiger partial charge in [-0.3, -0.25) is 0 Å². The lowest BCUT2D eigenvalue weighted by Crippen LogP contribution is -2.25. The quantitative estimate of drug-likeness (QED) is 0.333. The number of aliphatic hydroxyl groups excluding tert-OH is 1. The van der Waals surface area contributed by atoms with Gasteiger partial charge in [0.15, 0.2) is 0 Å². The van der Waals surface area contributed by atoms with E-state index in [0.717, 1.165) is 43.5 Å². The van der Waals surface area contributed by atoms with Crippen LogP contribution < -0.4 is 5.32 Å². The van der Waals surface area contributed by atoms with Gasteiger partial charge in [0.25, 0.3) is 0 Å². The topological polar surface area (TPSA) is 69.6 Å². The second-order valence-electron chi connectivity index (χ2n) is 8.41. The number of aliphatic hydroxyl groups is 1. The molecular weight excluding hydrogens is 396 g/mol. The van der Waals surface area contributed by atoms with Crippen molar-refractivity contribution in [3.8, 4) is 0 Å². The molecule has 1 rings (SSSR count). The van der Waals surface area contributed by atoms with Gasteiger partial charge in [-0.1, -0.05) is 63.8 Å². The van der Waals surface area contributed by atoms with Gasteiger partial charge in [0.1, 0.15) is 9.84 Å². The van der Waals surface area contributed by atoms with Crippen molar-refractivity contribution in [2.24, 2.45) is 0 Å². The Hall–Kier alpha value is -0.950. The van der Waals surface area contributed by atoms with E-state index in [1.807, 2.05) is 24.3 Å². The average Bonchev–Trinajstić information content (AvgIpc) is 2.72. The third kappa shape index (κ3) is 13.4. The molecule has 0 aliphatic heterocycles. The Bertz CT molecular complexity index is 647. The second kappa shape index (κ2) is 15.8. The molecule has 0 saturated carbocycles. The fourth-order valence-electron chi connectivity index (χ4n) is 3.55. The van der Waals surface area contributed by atoms with Crippen molar-refractivity contribution in [1.29, 1.82) is 0 Å². The minimum atomic E-state index is -2.92. The van der Waals surface area contributed by atoms with Gasteiger partial charge in [-0.05, 0) is 56.4 Å². The predicted octanol–water partition coefficient (Wildman–Crippen LogP) is 4.32. The van der Waals surface area contributed by atoms with Gasteiger partial charge in [0.2, 0.25) is 0 Å². The number of hydrogen-bond acceptors (Lipinski definition) is 5. The molecule has 1 aromatic rings. The Morgan fingerprint density at radius 1 is 0.967 bits per heavy atom. The zero-order valence-electron chi connectivity index (χ0n) is 19.4. The van der Waals surface area contributed by atoms with E-state index in [9.17, 15) is 13.5 Å². The summed E-state index contributed by atoms with van der Waals surface area (Å²) in [5.74, 6) is 0.151. The van der Waals surface area contributed by atoms with E-state index in [1.165, 1.54) is 44.9 Å². The van der Waals surface area contributed by atoms with E-state index >= 15 is 0 Å². The largest absolute Gasteiger partial charge is 0.388 e. The van der Waals surface area contributed by atoms with Crippen molar-refractivity contribution < 1.29 is 13.5 Å². The van der Waals surface area contributed by atoms with Crippen molar-refractivity contribution in [3.05, 3.63) is 35.4 Å². The number of nitrogens with one attached hydrogen (secondary N) is 1. The summed E-state index contributed by atoms with van der Waals surface area (Å²) >= 11 is 0. The summed E-state index contributed by atoms with van der Waals surface area (Å²) in [5, 5.41) is 13.6. The zero-order valence-corrected chi connectivity index (χ0v) is 20.2. The third-order valence-corrected chi connectivity index (χ3v) is 6.52. The van der Waals surface area contributed by atoms with Crippen molar-refractivity contribution in [2.45, 2.75) is 77.9 Å². The molecule has 0 aliphatic carbocycles. The maximum absolute atomic E-state index is 11.1. The Morgan fingerprint density at radius 3 is 2.20 bits per heavy atom. The standard InChI is InChI=1S/C24H44N2O3S/c1-4-6-7-8-10-18-26(5-2)19-11-9-12-24(27)23-15-13-22(14-16-23)21-25-17-20-30(3,28)29/h13-16,24-25,27H,4-12,17-21H2,1-3H3. The molecule has 0 heterocycles. The monoisotopic (exact) mass is 440 g/mol. The number of sulfone groups is 1. The predicted molar refractivity (Wildman–Crippen MR) is 128 cm³/mol. The molecule has 1 unspecified atom stereocenters. The summed E-state index contributed by atoms with van der Waals surface area (Å²) in [6.07, 6.45) is 10.4. The van der Waals surface area contributed by atoms with Crippen LogP contribution in [0.1, 0.15) is 82.4 Å². The van der Waals surface area contributed by atoms with Crippen LogP contribution in [0.15, 0.2) is 24.3 Å². The van der Waals surface area contributed by atoms with Gasteiger partial charge >= 0.3 is 0 Å². The van der Waals surface area contributed by atoms with Crippen LogP contribution in [-0.2, 0) is 16.4 Å². The Morgan fingerprint density at radius 2 is 1.60 bits per heavy atom. The SMILES string of the molecule is CCCCCCCN(CC)CCCCC(O)c1ccc(CNCCS(C)(=O)=O)cc1. The van der Waals surface area contributed by atoms with Crippen molar-refractivity contribution in [3.63, 3.8) is 0 Å². The highest BCUT2D eigenvalue weighted by Gasteiger charge is 2.09. The molecule has 0 saturated heterocycles. The lowest BCUT2D eigenvalue weighted by atomic mass is 10.0. The highest BCUT2D eigenvalue weighted by Crippen LogP contribution is 2.20. The van der Waals surface area contributed by atoms with Crippen LogP contribution in [0.2, 0.25) is 0 Å². The van der Waals surface area contributed by atoms with Crippen molar-refractivity contribution >= 4 is 9.84 Å². The van der Waals surface area contributed by atoms with Crippen LogP contribution in [0.3, 0.4) is 0 Å². The lowest BCUT2D eigenvalue weighted by Gasteiger charge is -2.20. The van der Waals surface area contributed by atoms with E-state index in [1.54, 1.807) is 0 Å². The molecule has 0 radical (unpaired) electrons. The van der Waals surface area contributed by atoms with Gasteiger partial charge in [0.05, 0.1) is 11.9 Å². The molecule has 0 fully saturated rings. The summed E-state index contributed by atoms with van der Waals surface area (Å²) in [5.41, 5.74) is 2.05. The van der Waals surface area contributed by atoms with Crippen LogP contribution in [0.25, 0.3) is 0 Å². The fourth-order valence-corrected chi connectivity index (χ4v) is 4.07. The Labute approximate surface area is 185 Å². The van der Waals surface area contributed by atoms with Gasteiger partial charge in [-0.15, -0.1) is 0 Å². The van der Waals surface area contributed by atoms with Crippen molar-refractivity contribution in [1.82, 2.24) is 10.2 Å². The normalized spacial score (nSPS) is 13.1. The molecule has 5 nitrogen and oxygen atoms in total. The molecule has 6 heteroatoms. The Balaban J connectivity index is 2.22. The van der Waals surface area contributed by atoms with Gasteiger partial charge in [0, 0.05) is 19.3 Å². The number of unbranched alkanes of at least 4 members (excludes halogenated alkanes) is 5. The van der Waals surface area contributed by atoms with E-state index in [0.29, 0.717) is 13.1 Å². The molecule has 0 aliphatic rings. The summed E-state index contributed by atoms with van der Waals surface area (Å²) in [6.45, 7) is 9.00. The average molecular weight is 441 g/mol. The molecule has 0 bridgehead atoms. The summed E-state index contributed by atoms with van der Waals surface area (Å²) in [7, 11) is -2.92. The molecule has 2 N–H and O–H groups in total. The van der Waals surface area contributed by atoms with E-state index in [-0.39, 0.29) is 5.75 Å². The first kappa shape index (κ1) is 27.1. The van der Waals surface area contributed by atoms with Crippen LogP contribution in [-0.4, -0.2) is 56.6 Å². The molecule has 1 atom stereocenters. The maximum atomic E-state index is 11.1. The molecule has 174 valence electrons. The first-order valence-corrected chi connectivity index (χ1v) is 13.8. The number of nitrogens with zero attached hydrogens (tertiary/aromatic N) is 1. The van der Waals surface area contributed by atoms with Gasteiger partial charge in [-0.2, -0.15) is 0 Å². The first-order chi connectivity index (χ1) is 14.4. The van der Waals surface area contributed by atoms with Crippen LogP contribution in [0.5, 0.6) is 0 Å². The number of rotatable bonds is 18. The second-order valence-corrected chi connectivity index (χ2v) is 10.7. The van der Waals surface area contributed by atoms with E-state index < -0.39 is 15.9 Å². The van der Waals surface area contributed by atoms with E-state index in [4.69, 9.17) is 0 Å². The number of hydrogen-bond donors (Lipinski definition) is 2.